The minimum Gasteiger partial charge on any atom is -0.383 e. The van der Waals surface area contributed by atoms with E-state index in [1.165, 1.54) is 23.7 Å². The first kappa shape index (κ1) is 19.7. The van der Waals surface area contributed by atoms with Gasteiger partial charge in [0.1, 0.15) is 11.6 Å². The summed E-state index contributed by atoms with van der Waals surface area (Å²) >= 11 is 1.32. The van der Waals surface area contributed by atoms with Gasteiger partial charge < -0.3 is 14.5 Å². The van der Waals surface area contributed by atoms with E-state index in [1.54, 1.807) is 19.2 Å². The van der Waals surface area contributed by atoms with Gasteiger partial charge in [-0.25, -0.2) is 9.37 Å². The highest BCUT2D eigenvalue weighted by Crippen LogP contribution is 2.20. The largest absolute Gasteiger partial charge is 0.383 e. The van der Waals surface area contributed by atoms with Crippen LogP contribution < -0.4 is 4.90 Å². The van der Waals surface area contributed by atoms with Crippen molar-refractivity contribution < 1.29 is 13.9 Å². The number of amides is 1. The van der Waals surface area contributed by atoms with Gasteiger partial charge in [0.2, 0.25) is 11.0 Å². The molecule has 0 radical (unpaired) electrons. The third kappa shape index (κ3) is 5.71. The molecule has 0 bridgehead atoms. The first-order valence-electron chi connectivity index (χ1n) is 9.24. The molecule has 2 aromatic rings. The minimum absolute atomic E-state index is 0.200. The standard InChI is InChI=1S/C19H25FN4O2S/c1-26-13-12-24(11-8-18(25)23-9-2-3-10-23)19-21-17(22-27-19)14-15-4-6-16(20)7-5-15/h4-7H,2-3,8-14H2,1H3. The van der Waals surface area contributed by atoms with E-state index >= 15 is 0 Å². The molecule has 2 heterocycles. The third-order valence-electron chi connectivity index (χ3n) is 4.62. The molecule has 1 aromatic carbocycles. The van der Waals surface area contributed by atoms with E-state index in [0.29, 0.717) is 38.4 Å². The summed E-state index contributed by atoms with van der Waals surface area (Å²) in [4.78, 5) is 20.9. The van der Waals surface area contributed by atoms with E-state index in [0.717, 1.165) is 36.6 Å². The summed E-state index contributed by atoms with van der Waals surface area (Å²) in [5.41, 5.74) is 0.966. The molecule has 1 aromatic heterocycles. The molecular formula is C19H25FN4O2S. The molecule has 1 aliphatic heterocycles. The number of nitrogens with zero attached hydrogens (tertiary/aromatic N) is 4. The number of hydrogen-bond donors (Lipinski definition) is 0. The normalized spacial score (nSPS) is 13.9. The molecule has 1 saturated heterocycles. The highest BCUT2D eigenvalue weighted by Gasteiger charge is 2.20. The van der Waals surface area contributed by atoms with Crippen molar-refractivity contribution in [3.63, 3.8) is 0 Å². The van der Waals surface area contributed by atoms with Gasteiger partial charge >= 0.3 is 0 Å². The highest BCUT2D eigenvalue weighted by atomic mass is 32.1. The zero-order valence-electron chi connectivity index (χ0n) is 15.6. The smallest absolute Gasteiger partial charge is 0.224 e. The van der Waals surface area contributed by atoms with Gasteiger partial charge in [0.25, 0.3) is 0 Å². The summed E-state index contributed by atoms with van der Waals surface area (Å²) in [7, 11) is 1.66. The number of rotatable bonds is 9. The molecule has 0 atom stereocenters. The van der Waals surface area contributed by atoms with Crippen LogP contribution in [0, 0.1) is 5.82 Å². The minimum atomic E-state index is -0.251. The van der Waals surface area contributed by atoms with Crippen LogP contribution in [0.1, 0.15) is 30.7 Å². The molecule has 1 fully saturated rings. The maximum absolute atomic E-state index is 13.0. The number of anilines is 1. The second kappa shape index (κ2) is 9.75. The molecule has 0 unspecified atom stereocenters. The molecule has 0 aliphatic carbocycles. The van der Waals surface area contributed by atoms with Crippen LogP contribution in [0.25, 0.3) is 0 Å². The van der Waals surface area contributed by atoms with Gasteiger partial charge in [-0.1, -0.05) is 12.1 Å². The van der Waals surface area contributed by atoms with E-state index in [2.05, 4.69) is 14.3 Å². The number of methoxy groups -OCH3 is 1. The van der Waals surface area contributed by atoms with Gasteiger partial charge in [-0.15, -0.1) is 0 Å². The molecule has 6 nitrogen and oxygen atoms in total. The van der Waals surface area contributed by atoms with Crippen LogP contribution in [0.3, 0.4) is 0 Å². The monoisotopic (exact) mass is 392 g/mol. The summed E-state index contributed by atoms with van der Waals surface area (Å²) in [5.74, 6) is 0.653. The van der Waals surface area contributed by atoms with E-state index in [4.69, 9.17) is 4.74 Å². The second-order valence-electron chi connectivity index (χ2n) is 6.61. The van der Waals surface area contributed by atoms with Crippen LogP contribution >= 0.6 is 11.5 Å². The maximum atomic E-state index is 13.0. The number of likely N-dealkylation sites (tertiary alicyclic amines) is 1. The summed E-state index contributed by atoms with van der Waals surface area (Å²) in [6, 6.07) is 6.37. The Balaban J connectivity index is 1.60. The SMILES string of the molecule is COCCN(CCC(=O)N1CCCC1)c1nc(Cc2ccc(F)cc2)ns1. The summed E-state index contributed by atoms with van der Waals surface area (Å²) in [6.45, 7) is 3.57. The lowest BCUT2D eigenvalue weighted by molar-refractivity contribution is -0.129. The first-order valence-corrected chi connectivity index (χ1v) is 10.0. The fourth-order valence-corrected chi connectivity index (χ4v) is 3.83. The van der Waals surface area contributed by atoms with Gasteiger partial charge in [0, 0.05) is 57.7 Å². The van der Waals surface area contributed by atoms with E-state index in [1.807, 2.05) is 4.90 Å². The Morgan fingerprint density at radius 1 is 1.26 bits per heavy atom. The van der Waals surface area contributed by atoms with E-state index < -0.39 is 0 Å². The quantitative estimate of drug-likeness (QED) is 0.657. The fraction of sp³-hybridized carbons (Fsp3) is 0.526. The molecule has 8 heteroatoms. The van der Waals surface area contributed by atoms with Crippen molar-refractivity contribution in [2.45, 2.75) is 25.7 Å². The Labute approximate surface area is 163 Å². The van der Waals surface area contributed by atoms with Gasteiger partial charge in [-0.3, -0.25) is 4.79 Å². The van der Waals surface area contributed by atoms with Crippen LogP contribution in [-0.4, -0.2) is 60.1 Å². The van der Waals surface area contributed by atoms with Crippen molar-refractivity contribution in [1.82, 2.24) is 14.3 Å². The summed E-state index contributed by atoms with van der Waals surface area (Å²) in [5, 5.41) is 0.790. The van der Waals surface area contributed by atoms with E-state index in [9.17, 15) is 9.18 Å². The van der Waals surface area contributed by atoms with Crippen LogP contribution in [0.4, 0.5) is 9.52 Å². The number of hydrogen-bond acceptors (Lipinski definition) is 6. The predicted octanol–water partition coefficient (Wildman–Crippen LogP) is 2.73. The van der Waals surface area contributed by atoms with Crippen LogP contribution in [-0.2, 0) is 16.0 Å². The number of benzene rings is 1. The van der Waals surface area contributed by atoms with Crippen molar-refractivity contribution in [2.75, 3.05) is 44.8 Å². The molecule has 1 amide bonds. The van der Waals surface area contributed by atoms with Gasteiger partial charge in [0.05, 0.1) is 6.61 Å². The Morgan fingerprint density at radius 3 is 2.70 bits per heavy atom. The molecule has 146 valence electrons. The lowest BCUT2D eigenvalue weighted by Crippen LogP contribution is -2.34. The lowest BCUT2D eigenvalue weighted by atomic mass is 10.1. The van der Waals surface area contributed by atoms with Crippen molar-refractivity contribution in [3.05, 3.63) is 41.5 Å². The number of carbonyl (C=O) groups is 1. The Bertz CT molecular complexity index is 732. The predicted molar refractivity (Wildman–Crippen MR) is 104 cm³/mol. The Kier molecular flexibility index (Phi) is 7.11. The van der Waals surface area contributed by atoms with Crippen LogP contribution in [0.2, 0.25) is 0 Å². The lowest BCUT2D eigenvalue weighted by Gasteiger charge is -2.22. The Hall–Kier alpha value is -2.06. The maximum Gasteiger partial charge on any atom is 0.224 e. The zero-order valence-corrected chi connectivity index (χ0v) is 16.4. The van der Waals surface area contributed by atoms with Gasteiger partial charge in [-0.05, 0) is 30.5 Å². The van der Waals surface area contributed by atoms with Crippen molar-refractivity contribution in [3.8, 4) is 0 Å². The molecule has 1 aliphatic rings. The number of aromatic nitrogens is 2. The Morgan fingerprint density at radius 2 is 2.00 bits per heavy atom. The average Bonchev–Trinajstić information content (AvgIpc) is 3.36. The fourth-order valence-electron chi connectivity index (χ4n) is 3.09. The third-order valence-corrected chi connectivity index (χ3v) is 5.44. The highest BCUT2D eigenvalue weighted by molar-refractivity contribution is 7.09. The zero-order chi connectivity index (χ0) is 19.1. The number of carbonyl (C=O) groups excluding carboxylic acids is 1. The molecule has 3 rings (SSSR count). The number of halogens is 1. The average molecular weight is 392 g/mol. The second-order valence-corrected chi connectivity index (χ2v) is 7.34. The van der Waals surface area contributed by atoms with Gasteiger partial charge in [0.15, 0.2) is 0 Å². The van der Waals surface area contributed by atoms with Crippen LogP contribution in [0.5, 0.6) is 0 Å². The van der Waals surface area contributed by atoms with Crippen molar-refractivity contribution in [2.24, 2.45) is 0 Å². The van der Waals surface area contributed by atoms with Crippen molar-refractivity contribution in [1.29, 1.82) is 0 Å². The topological polar surface area (TPSA) is 58.6 Å². The molecule has 0 saturated carbocycles. The first-order chi connectivity index (χ1) is 13.2. The van der Waals surface area contributed by atoms with Gasteiger partial charge in [-0.2, -0.15) is 4.37 Å². The summed E-state index contributed by atoms with van der Waals surface area (Å²) in [6.07, 6.45) is 3.22. The molecule has 0 spiro atoms. The molecule has 0 N–H and O–H groups in total. The molecule has 27 heavy (non-hydrogen) atoms. The van der Waals surface area contributed by atoms with Crippen LogP contribution in [0.15, 0.2) is 24.3 Å². The summed E-state index contributed by atoms with van der Waals surface area (Å²) < 4.78 is 22.7. The van der Waals surface area contributed by atoms with Crippen molar-refractivity contribution >= 4 is 22.6 Å². The molecular weight excluding hydrogens is 367 g/mol. The van der Waals surface area contributed by atoms with E-state index in [-0.39, 0.29) is 11.7 Å². The number of ether oxygens (including phenoxy) is 1.